The Kier molecular flexibility index (Phi) is 5.26. The smallest absolute Gasteiger partial charge is 0.230 e. The van der Waals surface area contributed by atoms with Crippen molar-refractivity contribution in [1.82, 2.24) is 20.1 Å². The van der Waals surface area contributed by atoms with E-state index in [1.165, 1.54) is 48.6 Å². The van der Waals surface area contributed by atoms with E-state index in [9.17, 15) is 4.79 Å². The number of amides is 1. The van der Waals surface area contributed by atoms with E-state index in [0.29, 0.717) is 11.7 Å². The molecule has 2 aliphatic rings. The second-order valence-corrected chi connectivity index (χ2v) is 9.18. The summed E-state index contributed by atoms with van der Waals surface area (Å²) in [6, 6.07) is 6.56. The number of carbonyl (C=O) groups excluding carboxylic acids is 1. The Morgan fingerprint density at radius 1 is 1.30 bits per heavy atom. The van der Waals surface area contributed by atoms with Crippen LogP contribution in [0.15, 0.2) is 29.7 Å². The zero-order chi connectivity index (χ0) is 19.0. The molecule has 27 heavy (non-hydrogen) atoms. The topological polar surface area (TPSA) is 59.8 Å². The van der Waals surface area contributed by atoms with Crippen LogP contribution in [0.1, 0.15) is 43.7 Å². The molecule has 2 aliphatic carbocycles. The lowest BCUT2D eigenvalue weighted by molar-refractivity contribution is -0.119. The molecule has 0 spiro atoms. The molecule has 4 rings (SSSR count). The van der Waals surface area contributed by atoms with Gasteiger partial charge in [-0.25, -0.2) is 0 Å². The standard InChI is InChI=1S/C21H28N4OS/c1-13-4-7-18(8-14(13)2)25-12-22-24-21(25)27-11-20(26)23-15(3)19-10-16-5-6-17(19)9-16/h4,7-8,12,15-17,19H,5-6,9-11H2,1-3H3,(H,23,26). The number of carbonyl (C=O) groups is 1. The van der Waals surface area contributed by atoms with Crippen LogP contribution in [-0.2, 0) is 4.79 Å². The highest BCUT2D eigenvalue weighted by Gasteiger charge is 2.42. The zero-order valence-electron chi connectivity index (χ0n) is 16.3. The molecule has 2 fully saturated rings. The molecule has 1 aromatic heterocycles. The first-order chi connectivity index (χ1) is 13.0. The van der Waals surface area contributed by atoms with E-state index >= 15 is 0 Å². The van der Waals surface area contributed by atoms with Crippen LogP contribution >= 0.6 is 11.8 Å². The first kappa shape index (κ1) is 18.5. The van der Waals surface area contributed by atoms with E-state index in [0.717, 1.165) is 22.7 Å². The fraction of sp³-hybridized carbons (Fsp3) is 0.571. The summed E-state index contributed by atoms with van der Waals surface area (Å²) in [6.45, 7) is 6.37. The van der Waals surface area contributed by atoms with Crippen LogP contribution in [0.4, 0.5) is 0 Å². The van der Waals surface area contributed by atoms with Crippen molar-refractivity contribution in [3.63, 3.8) is 0 Å². The summed E-state index contributed by atoms with van der Waals surface area (Å²) in [6.07, 6.45) is 7.12. The van der Waals surface area contributed by atoms with Gasteiger partial charge in [0, 0.05) is 11.7 Å². The number of hydrogen-bond donors (Lipinski definition) is 1. The highest BCUT2D eigenvalue weighted by molar-refractivity contribution is 7.99. The van der Waals surface area contributed by atoms with E-state index < -0.39 is 0 Å². The lowest BCUT2D eigenvalue weighted by Gasteiger charge is -2.28. The quantitative estimate of drug-likeness (QED) is 0.767. The molecule has 0 radical (unpaired) electrons. The number of nitrogens with one attached hydrogen (secondary N) is 1. The number of aromatic nitrogens is 3. The Bertz CT molecular complexity index is 833. The first-order valence-corrected chi connectivity index (χ1v) is 10.9. The molecule has 4 unspecified atom stereocenters. The number of fused-ring (bicyclic) bond motifs is 2. The molecule has 2 saturated carbocycles. The van der Waals surface area contributed by atoms with Gasteiger partial charge in [0.25, 0.3) is 0 Å². The zero-order valence-corrected chi connectivity index (χ0v) is 17.1. The van der Waals surface area contributed by atoms with Crippen LogP contribution in [0, 0.1) is 31.6 Å². The average Bonchev–Trinajstić information content (AvgIpc) is 3.38. The highest BCUT2D eigenvalue weighted by Crippen LogP contribution is 2.49. The second-order valence-electron chi connectivity index (χ2n) is 8.24. The van der Waals surface area contributed by atoms with E-state index in [-0.39, 0.29) is 11.9 Å². The van der Waals surface area contributed by atoms with Gasteiger partial charge in [0.05, 0.1) is 5.75 Å². The number of thioether (sulfide) groups is 1. The Morgan fingerprint density at radius 2 is 2.15 bits per heavy atom. The first-order valence-electron chi connectivity index (χ1n) is 9.91. The summed E-state index contributed by atoms with van der Waals surface area (Å²) in [5, 5.41) is 12.2. The summed E-state index contributed by atoms with van der Waals surface area (Å²) in [4.78, 5) is 12.5. The summed E-state index contributed by atoms with van der Waals surface area (Å²) in [5.41, 5.74) is 3.52. The van der Waals surface area contributed by atoms with Gasteiger partial charge in [-0.3, -0.25) is 9.36 Å². The van der Waals surface area contributed by atoms with Gasteiger partial charge in [0.1, 0.15) is 6.33 Å². The Morgan fingerprint density at radius 3 is 2.85 bits per heavy atom. The fourth-order valence-corrected chi connectivity index (χ4v) is 5.55. The molecule has 4 atom stereocenters. The van der Waals surface area contributed by atoms with Gasteiger partial charge in [-0.2, -0.15) is 0 Å². The van der Waals surface area contributed by atoms with Gasteiger partial charge in [-0.05, 0) is 81.0 Å². The Balaban J connectivity index is 1.34. The van der Waals surface area contributed by atoms with Crippen molar-refractivity contribution in [2.75, 3.05) is 5.75 Å². The molecule has 0 aliphatic heterocycles. The predicted molar refractivity (Wildman–Crippen MR) is 108 cm³/mol. The molecule has 5 nitrogen and oxygen atoms in total. The maximum absolute atomic E-state index is 12.5. The minimum Gasteiger partial charge on any atom is -0.353 e. The van der Waals surface area contributed by atoms with Crippen LogP contribution < -0.4 is 5.32 Å². The van der Waals surface area contributed by atoms with Gasteiger partial charge >= 0.3 is 0 Å². The number of nitrogens with zero attached hydrogens (tertiary/aromatic N) is 3. The van der Waals surface area contributed by atoms with Gasteiger partial charge in [0.15, 0.2) is 5.16 Å². The van der Waals surface area contributed by atoms with E-state index in [1.807, 2.05) is 4.57 Å². The van der Waals surface area contributed by atoms with Crippen molar-refractivity contribution in [2.24, 2.45) is 17.8 Å². The van der Waals surface area contributed by atoms with Gasteiger partial charge in [0.2, 0.25) is 5.91 Å². The van der Waals surface area contributed by atoms with Crippen molar-refractivity contribution in [2.45, 2.75) is 57.7 Å². The van der Waals surface area contributed by atoms with Crippen molar-refractivity contribution in [1.29, 1.82) is 0 Å². The third-order valence-corrected chi connectivity index (χ3v) is 7.38. The fourth-order valence-electron chi connectivity index (χ4n) is 4.81. The van der Waals surface area contributed by atoms with E-state index in [2.05, 4.69) is 54.5 Å². The van der Waals surface area contributed by atoms with Gasteiger partial charge in [-0.1, -0.05) is 24.2 Å². The van der Waals surface area contributed by atoms with Crippen molar-refractivity contribution >= 4 is 17.7 Å². The summed E-state index contributed by atoms with van der Waals surface area (Å²) in [7, 11) is 0. The van der Waals surface area contributed by atoms with Gasteiger partial charge in [-0.15, -0.1) is 10.2 Å². The molecular weight excluding hydrogens is 356 g/mol. The van der Waals surface area contributed by atoms with Crippen LogP contribution in [0.2, 0.25) is 0 Å². The molecule has 2 aromatic rings. The molecule has 1 amide bonds. The summed E-state index contributed by atoms with van der Waals surface area (Å²) in [5.74, 6) is 2.85. The molecule has 144 valence electrons. The summed E-state index contributed by atoms with van der Waals surface area (Å²) < 4.78 is 1.95. The van der Waals surface area contributed by atoms with Crippen molar-refractivity contribution < 1.29 is 4.79 Å². The Labute approximate surface area is 165 Å². The van der Waals surface area contributed by atoms with Crippen molar-refractivity contribution in [3.05, 3.63) is 35.7 Å². The SMILES string of the molecule is Cc1ccc(-n2cnnc2SCC(=O)NC(C)C2CC3CCC2C3)cc1C. The normalized spacial score (nSPS) is 24.9. The molecule has 2 bridgehead atoms. The lowest BCUT2D eigenvalue weighted by Crippen LogP contribution is -2.40. The maximum Gasteiger partial charge on any atom is 0.230 e. The van der Waals surface area contributed by atoms with Crippen molar-refractivity contribution in [3.8, 4) is 5.69 Å². The van der Waals surface area contributed by atoms with Crippen LogP contribution in [0.5, 0.6) is 0 Å². The van der Waals surface area contributed by atoms with E-state index in [4.69, 9.17) is 0 Å². The number of rotatable bonds is 6. The Hall–Kier alpha value is -1.82. The predicted octanol–water partition coefficient (Wildman–Crippen LogP) is 3.92. The largest absolute Gasteiger partial charge is 0.353 e. The van der Waals surface area contributed by atoms with Crippen LogP contribution in [-0.4, -0.2) is 32.5 Å². The maximum atomic E-state index is 12.5. The number of aryl methyl sites for hydroxylation is 2. The molecule has 1 aromatic carbocycles. The number of benzene rings is 1. The molecule has 0 saturated heterocycles. The highest BCUT2D eigenvalue weighted by atomic mass is 32.2. The molecule has 1 heterocycles. The van der Waals surface area contributed by atoms with Gasteiger partial charge < -0.3 is 5.32 Å². The number of hydrogen-bond acceptors (Lipinski definition) is 4. The third kappa shape index (κ3) is 3.91. The minimum atomic E-state index is 0.0879. The second kappa shape index (κ2) is 7.66. The molecule has 1 N–H and O–H groups in total. The monoisotopic (exact) mass is 384 g/mol. The van der Waals surface area contributed by atoms with Crippen LogP contribution in [0.3, 0.4) is 0 Å². The molecule has 6 heteroatoms. The van der Waals surface area contributed by atoms with Crippen LogP contribution in [0.25, 0.3) is 5.69 Å². The lowest BCUT2D eigenvalue weighted by atomic mass is 9.84. The van der Waals surface area contributed by atoms with E-state index in [1.54, 1.807) is 6.33 Å². The minimum absolute atomic E-state index is 0.0879. The third-order valence-electron chi connectivity index (χ3n) is 6.44. The molecular formula is C21H28N4OS. The average molecular weight is 385 g/mol. The summed E-state index contributed by atoms with van der Waals surface area (Å²) >= 11 is 1.44.